The Balaban J connectivity index is 0.00000144. The van der Waals surface area contributed by atoms with Gasteiger partial charge in [-0.05, 0) is 25.1 Å². The average Bonchev–Trinajstić information content (AvgIpc) is 2.24. The second kappa shape index (κ2) is 6.69. The normalized spacial score (nSPS) is 21.0. The van der Waals surface area contributed by atoms with E-state index in [-0.39, 0.29) is 18.2 Å². The third-order valence-corrected chi connectivity index (χ3v) is 3.35. The Bertz CT molecular complexity index is 376. The maximum absolute atomic E-state index is 13.6. The molecule has 96 valence electrons. The molecule has 1 heterocycles. The molecule has 0 aromatic heterocycles. The van der Waals surface area contributed by atoms with Gasteiger partial charge in [0.1, 0.15) is 5.82 Å². The highest BCUT2D eigenvalue weighted by molar-refractivity contribution is 9.10. The summed E-state index contributed by atoms with van der Waals surface area (Å²) >= 11 is 3.38. The van der Waals surface area contributed by atoms with Crippen LogP contribution in [0.4, 0.5) is 4.39 Å². The summed E-state index contributed by atoms with van der Waals surface area (Å²) in [6, 6.07) is 5.61. The van der Waals surface area contributed by atoms with Crippen molar-refractivity contribution in [1.82, 2.24) is 10.2 Å². The minimum absolute atomic E-state index is 0. The Morgan fingerprint density at radius 2 is 2.29 bits per heavy atom. The Morgan fingerprint density at radius 3 is 3.00 bits per heavy atom. The van der Waals surface area contributed by atoms with Crippen LogP contribution in [0.5, 0.6) is 0 Å². The number of hydrogen-bond donors (Lipinski definition) is 1. The van der Waals surface area contributed by atoms with Crippen LogP contribution in [0.25, 0.3) is 0 Å². The minimum atomic E-state index is -0.116. The molecule has 0 amide bonds. The van der Waals surface area contributed by atoms with Crippen LogP contribution in [0, 0.1) is 5.82 Å². The predicted octanol–water partition coefficient (Wildman–Crippen LogP) is 2.80. The smallest absolute Gasteiger partial charge is 0.127 e. The SMILES string of the molecule is CC1CN(Cc2cc(Br)ccc2F)CCN1.Cl. The van der Waals surface area contributed by atoms with Crippen molar-refractivity contribution in [2.24, 2.45) is 0 Å². The highest BCUT2D eigenvalue weighted by atomic mass is 79.9. The van der Waals surface area contributed by atoms with Crippen LogP contribution in [0.2, 0.25) is 0 Å². The lowest BCUT2D eigenvalue weighted by Crippen LogP contribution is -2.48. The van der Waals surface area contributed by atoms with Gasteiger partial charge >= 0.3 is 0 Å². The van der Waals surface area contributed by atoms with Crippen molar-refractivity contribution in [3.63, 3.8) is 0 Å². The molecule has 2 rings (SSSR count). The van der Waals surface area contributed by atoms with Gasteiger partial charge in [-0.3, -0.25) is 4.90 Å². The molecule has 0 radical (unpaired) electrons. The summed E-state index contributed by atoms with van der Waals surface area (Å²) in [7, 11) is 0. The van der Waals surface area contributed by atoms with Crippen molar-refractivity contribution in [1.29, 1.82) is 0 Å². The van der Waals surface area contributed by atoms with E-state index in [1.807, 2.05) is 6.07 Å². The van der Waals surface area contributed by atoms with E-state index in [1.54, 1.807) is 6.07 Å². The van der Waals surface area contributed by atoms with Crippen molar-refractivity contribution < 1.29 is 4.39 Å². The van der Waals surface area contributed by atoms with Gasteiger partial charge in [0.15, 0.2) is 0 Å². The maximum atomic E-state index is 13.6. The first-order chi connectivity index (χ1) is 7.65. The van der Waals surface area contributed by atoms with Crippen molar-refractivity contribution >= 4 is 28.3 Å². The molecule has 1 saturated heterocycles. The third kappa shape index (κ3) is 4.21. The quantitative estimate of drug-likeness (QED) is 0.900. The molecule has 17 heavy (non-hydrogen) atoms. The monoisotopic (exact) mass is 322 g/mol. The third-order valence-electron chi connectivity index (χ3n) is 2.85. The number of benzene rings is 1. The van der Waals surface area contributed by atoms with E-state index in [1.165, 1.54) is 6.07 Å². The van der Waals surface area contributed by atoms with Crippen LogP contribution in [-0.4, -0.2) is 30.6 Å². The first-order valence-electron chi connectivity index (χ1n) is 5.55. The first kappa shape index (κ1) is 14.9. The molecule has 1 aromatic carbocycles. The molecule has 1 N–H and O–H groups in total. The fraction of sp³-hybridized carbons (Fsp3) is 0.500. The zero-order chi connectivity index (χ0) is 11.5. The zero-order valence-corrected chi connectivity index (χ0v) is 12.2. The molecule has 1 aliphatic heterocycles. The summed E-state index contributed by atoms with van der Waals surface area (Å²) in [6.45, 7) is 5.79. The summed E-state index contributed by atoms with van der Waals surface area (Å²) in [5.74, 6) is -0.116. The summed E-state index contributed by atoms with van der Waals surface area (Å²) in [6.07, 6.45) is 0. The van der Waals surface area contributed by atoms with E-state index in [9.17, 15) is 4.39 Å². The van der Waals surface area contributed by atoms with Crippen LogP contribution in [0.15, 0.2) is 22.7 Å². The lowest BCUT2D eigenvalue weighted by Gasteiger charge is -2.31. The molecular weight excluding hydrogens is 307 g/mol. The molecule has 1 aromatic rings. The molecule has 0 aliphatic carbocycles. The minimum Gasteiger partial charge on any atom is -0.312 e. The van der Waals surface area contributed by atoms with Gasteiger partial charge in [-0.1, -0.05) is 15.9 Å². The van der Waals surface area contributed by atoms with E-state index in [4.69, 9.17) is 0 Å². The van der Waals surface area contributed by atoms with E-state index in [2.05, 4.69) is 33.1 Å². The van der Waals surface area contributed by atoms with Crippen LogP contribution in [-0.2, 0) is 6.54 Å². The number of nitrogens with zero attached hydrogens (tertiary/aromatic N) is 1. The predicted molar refractivity (Wildman–Crippen MR) is 74.1 cm³/mol. The standard InChI is InChI=1S/C12H16BrFN2.ClH/c1-9-7-16(5-4-15-9)8-10-6-11(13)2-3-12(10)14;/h2-3,6,9,15H,4-5,7-8H2,1H3;1H. The van der Waals surface area contributed by atoms with Gasteiger partial charge in [0.25, 0.3) is 0 Å². The van der Waals surface area contributed by atoms with Crippen molar-refractivity contribution in [3.8, 4) is 0 Å². The Labute approximate surface area is 116 Å². The van der Waals surface area contributed by atoms with Crippen LogP contribution in [0.3, 0.4) is 0 Å². The first-order valence-corrected chi connectivity index (χ1v) is 6.34. The molecule has 2 nitrogen and oxygen atoms in total. The molecule has 1 aliphatic rings. The maximum Gasteiger partial charge on any atom is 0.127 e. The molecule has 1 unspecified atom stereocenters. The fourth-order valence-corrected chi connectivity index (χ4v) is 2.47. The van der Waals surface area contributed by atoms with Gasteiger partial charge in [-0.2, -0.15) is 0 Å². The lowest BCUT2D eigenvalue weighted by molar-refractivity contribution is 0.197. The Morgan fingerprint density at radius 1 is 1.53 bits per heavy atom. The topological polar surface area (TPSA) is 15.3 Å². The zero-order valence-electron chi connectivity index (χ0n) is 9.75. The second-order valence-electron chi connectivity index (χ2n) is 4.33. The number of piperazine rings is 1. The van der Waals surface area contributed by atoms with Gasteiger partial charge in [0.2, 0.25) is 0 Å². The van der Waals surface area contributed by atoms with Crippen LogP contribution >= 0.6 is 28.3 Å². The highest BCUT2D eigenvalue weighted by Crippen LogP contribution is 2.17. The summed E-state index contributed by atoms with van der Waals surface area (Å²) in [4.78, 5) is 2.28. The van der Waals surface area contributed by atoms with Gasteiger partial charge in [0, 0.05) is 42.3 Å². The summed E-state index contributed by atoms with van der Waals surface area (Å²) in [5.41, 5.74) is 0.767. The number of nitrogens with one attached hydrogen (secondary N) is 1. The largest absolute Gasteiger partial charge is 0.312 e. The fourth-order valence-electron chi connectivity index (χ4n) is 2.06. The average molecular weight is 324 g/mol. The van der Waals surface area contributed by atoms with E-state index in [0.717, 1.165) is 29.7 Å². The van der Waals surface area contributed by atoms with E-state index >= 15 is 0 Å². The molecule has 0 spiro atoms. The Hall–Kier alpha value is -0.160. The van der Waals surface area contributed by atoms with E-state index in [0.29, 0.717) is 12.6 Å². The van der Waals surface area contributed by atoms with Gasteiger partial charge in [-0.25, -0.2) is 4.39 Å². The van der Waals surface area contributed by atoms with Crippen molar-refractivity contribution in [2.75, 3.05) is 19.6 Å². The summed E-state index contributed by atoms with van der Waals surface area (Å²) < 4.78 is 14.5. The lowest BCUT2D eigenvalue weighted by atomic mass is 10.1. The molecule has 0 saturated carbocycles. The van der Waals surface area contributed by atoms with Crippen LogP contribution in [0.1, 0.15) is 12.5 Å². The van der Waals surface area contributed by atoms with Crippen LogP contribution < -0.4 is 5.32 Å². The highest BCUT2D eigenvalue weighted by Gasteiger charge is 2.16. The van der Waals surface area contributed by atoms with Gasteiger partial charge in [0.05, 0.1) is 0 Å². The number of halogens is 3. The number of rotatable bonds is 2. The van der Waals surface area contributed by atoms with E-state index < -0.39 is 0 Å². The molecule has 0 bridgehead atoms. The molecule has 5 heteroatoms. The van der Waals surface area contributed by atoms with Gasteiger partial charge in [-0.15, -0.1) is 12.4 Å². The number of hydrogen-bond acceptors (Lipinski definition) is 2. The molecule has 1 atom stereocenters. The summed E-state index contributed by atoms with van der Waals surface area (Å²) in [5, 5.41) is 3.38. The molecule has 1 fully saturated rings. The Kier molecular flexibility index (Phi) is 5.86. The molecular formula is C12H17BrClFN2. The second-order valence-corrected chi connectivity index (χ2v) is 5.24. The van der Waals surface area contributed by atoms with Crippen molar-refractivity contribution in [3.05, 3.63) is 34.1 Å². The van der Waals surface area contributed by atoms with Crippen molar-refractivity contribution in [2.45, 2.75) is 19.5 Å². The van der Waals surface area contributed by atoms with Gasteiger partial charge < -0.3 is 5.32 Å².